The fourth-order valence-corrected chi connectivity index (χ4v) is 3.27. The highest BCUT2D eigenvalue weighted by Crippen LogP contribution is 2.28. The topological polar surface area (TPSA) is 29.5 Å². The van der Waals surface area contributed by atoms with Gasteiger partial charge < -0.3 is 9.64 Å². The number of aryl methyl sites for hydroxylation is 1. The van der Waals surface area contributed by atoms with Crippen molar-refractivity contribution in [3.8, 4) is 0 Å². The number of thiophene rings is 1. The van der Waals surface area contributed by atoms with Crippen LogP contribution >= 0.6 is 43.2 Å². The van der Waals surface area contributed by atoms with Gasteiger partial charge in [0, 0.05) is 25.5 Å². The number of halogens is 2. The molecule has 0 N–H and O–H groups in total. The molecule has 1 aromatic rings. The van der Waals surface area contributed by atoms with Crippen molar-refractivity contribution >= 4 is 49.1 Å². The number of ether oxygens (including phenoxy) is 1. The van der Waals surface area contributed by atoms with Crippen LogP contribution in [0.4, 0.5) is 0 Å². The normalized spacial score (nSPS) is 10.6. The van der Waals surface area contributed by atoms with Gasteiger partial charge in [0.2, 0.25) is 0 Å². The zero-order valence-electron chi connectivity index (χ0n) is 9.83. The average Bonchev–Trinajstić information content (AvgIpc) is 2.64. The van der Waals surface area contributed by atoms with Gasteiger partial charge in [-0.1, -0.05) is 15.9 Å². The van der Waals surface area contributed by atoms with E-state index in [1.165, 1.54) is 11.3 Å². The molecule has 0 aromatic carbocycles. The van der Waals surface area contributed by atoms with Crippen LogP contribution < -0.4 is 0 Å². The summed E-state index contributed by atoms with van der Waals surface area (Å²) in [7, 11) is 1.64. The molecule has 0 radical (unpaired) electrons. The molecular formula is C11H15Br2NO2S. The van der Waals surface area contributed by atoms with E-state index in [1.54, 1.807) is 12.0 Å². The monoisotopic (exact) mass is 383 g/mol. The van der Waals surface area contributed by atoms with Crippen LogP contribution in [0.1, 0.15) is 15.2 Å². The van der Waals surface area contributed by atoms with Gasteiger partial charge in [0.05, 0.1) is 15.3 Å². The van der Waals surface area contributed by atoms with E-state index in [9.17, 15) is 4.79 Å². The Morgan fingerprint density at radius 2 is 2.24 bits per heavy atom. The highest BCUT2D eigenvalue weighted by Gasteiger charge is 2.17. The van der Waals surface area contributed by atoms with E-state index in [0.29, 0.717) is 19.7 Å². The Morgan fingerprint density at radius 3 is 2.71 bits per heavy atom. The first-order valence-electron chi connectivity index (χ1n) is 5.20. The van der Waals surface area contributed by atoms with E-state index in [4.69, 9.17) is 4.74 Å². The number of rotatable bonds is 6. The standard InChI is InChI=1S/C11H15Br2NO2S/c1-8-7-9(17-10(8)13)11(15)14(4-3-12)5-6-16-2/h7H,3-6H2,1-2H3. The molecule has 0 unspecified atom stereocenters. The van der Waals surface area contributed by atoms with Crippen molar-refractivity contribution in [1.82, 2.24) is 4.90 Å². The summed E-state index contributed by atoms with van der Waals surface area (Å²) in [6.45, 7) is 3.86. The van der Waals surface area contributed by atoms with Crippen molar-refractivity contribution in [2.24, 2.45) is 0 Å². The second kappa shape index (κ2) is 7.51. The molecule has 1 aromatic heterocycles. The van der Waals surface area contributed by atoms with E-state index >= 15 is 0 Å². The number of carbonyl (C=O) groups is 1. The lowest BCUT2D eigenvalue weighted by atomic mass is 10.3. The maximum atomic E-state index is 12.2. The maximum Gasteiger partial charge on any atom is 0.264 e. The summed E-state index contributed by atoms with van der Waals surface area (Å²) in [4.78, 5) is 14.8. The lowest BCUT2D eigenvalue weighted by Crippen LogP contribution is -2.35. The summed E-state index contributed by atoms with van der Waals surface area (Å²) in [6.07, 6.45) is 0. The maximum absolute atomic E-state index is 12.2. The van der Waals surface area contributed by atoms with Crippen LogP contribution in [-0.2, 0) is 4.74 Å². The van der Waals surface area contributed by atoms with Crippen molar-refractivity contribution in [2.45, 2.75) is 6.92 Å². The van der Waals surface area contributed by atoms with Gasteiger partial charge in [-0.15, -0.1) is 11.3 Å². The van der Waals surface area contributed by atoms with Crippen LogP contribution in [0.2, 0.25) is 0 Å². The number of alkyl halides is 1. The third-order valence-electron chi connectivity index (χ3n) is 2.27. The van der Waals surface area contributed by atoms with Gasteiger partial charge in [-0.2, -0.15) is 0 Å². The zero-order valence-corrected chi connectivity index (χ0v) is 13.8. The molecule has 0 bridgehead atoms. The fraction of sp³-hybridized carbons (Fsp3) is 0.545. The van der Waals surface area contributed by atoms with Crippen molar-refractivity contribution < 1.29 is 9.53 Å². The molecule has 0 aliphatic rings. The van der Waals surface area contributed by atoms with Crippen molar-refractivity contribution in [2.75, 3.05) is 32.1 Å². The lowest BCUT2D eigenvalue weighted by Gasteiger charge is -2.20. The minimum atomic E-state index is 0.0697. The number of methoxy groups -OCH3 is 1. The molecule has 17 heavy (non-hydrogen) atoms. The molecular weight excluding hydrogens is 370 g/mol. The van der Waals surface area contributed by atoms with Gasteiger partial charge in [0.15, 0.2) is 0 Å². The first-order chi connectivity index (χ1) is 8.10. The zero-order chi connectivity index (χ0) is 12.8. The van der Waals surface area contributed by atoms with Gasteiger partial charge in [-0.3, -0.25) is 4.79 Å². The van der Waals surface area contributed by atoms with Gasteiger partial charge in [-0.25, -0.2) is 0 Å². The molecule has 0 spiro atoms. The first kappa shape index (κ1) is 15.1. The summed E-state index contributed by atoms with van der Waals surface area (Å²) in [5, 5.41) is 0.772. The number of hydrogen-bond donors (Lipinski definition) is 0. The second-order valence-electron chi connectivity index (χ2n) is 3.54. The Morgan fingerprint density at radius 1 is 1.53 bits per heavy atom. The lowest BCUT2D eigenvalue weighted by molar-refractivity contribution is 0.0713. The fourth-order valence-electron chi connectivity index (χ4n) is 1.34. The molecule has 3 nitrogen and oxygen atoms in total. The molecule has 0 aliphatic carbocycles. The third kappa shape index (κ3) is 4.35. The largest absolute Gasteiger partial charge is 0.383 e. The molecule has 1 amide bonds. The number of carbonyl (C=O) groups excluding carboxylic acids is 1. The molecule has 0 fully saturated rings. The molecule has 6 heteroatoms. The van der Waals surface area contributed by atoms with E-state index in [2.05, 4.69) is 31.9 Å². The predicted molar refractivity (Wildman–Crippen MR) is 78.3 cm³/mol. The molecule has 96 valence electrons. The Hall–Kier alpha value is 0.0900. The van der Waals surface area contributed by atoms with E-state index in [-0.39, 0.29) is 5.91 Å². The molecule has 0 saturated carbocycles. The van der Waals surface area contributed by atoms with Gasteiger partial charge in [-0.05, 0) is 34.5 Å². The molecule has 1 heterocycles. The predicted octanol–water partition coefficient (Wildman–Crippen LogP) is 3.30. The van der Waals surface area contributed by atoms with Gasteiger partial charge >= 0.3 is 0 Å². The Bertz CT molecular complexity index is 362. The second-order valence-corrected chi connectivity index (χ2v) is 6.70. The van der Waals surface area contributed by atoms with Crippen LogP contribution in [0, 0.1) is 6.92 Å². The van der Waals surface area contributed by atoms with E-state index in [0.717, 1.165) is 19.6 Å². The van der Waals surface area contributed by atoms with Crippen molar-refractivity contribution in [3.63, 3.8) is 0 Å². The summed E-state index contributed by atoms with van der Waals surface area (Å²) >= 11 is 8.28. The molecule has 0 atom stereocenters. The minimum Gasteiger partial charge on any atom is -0.383 e. The highest BCUT2D eigenvalue weighted by molar-refractivity contribution is 9.11. The number of nitrogens with zero attached hydrogens (tertiary/aromatic N) is 1. The van der Waals surface area contributed by atoms with E-state index < -0.39 is 0 Å². The summed E-state index contributed by atoms with van der Waals surface area (Å²) in [6, 6.07) is 1.92. The Kier molecular flexibility index (Phi) is 6.69. The van der Waals surface area contributed by atoms with Gasteiger partial charge in [0.25, 0.3) is 5.91 Å². The SMILES string of the molecule is COCCN(CCBr)C(=O)c1cc(C)c(Br)s1. The average molecular weight is 385 g/mol. The van der Waals surface area contributed by atoms with Crippen LogP contribution in [0.5, 0.6) is 0 Å². The van der Waals surface area contributed by atoms with Crippen molar-refractivity contribution in [1.29, 1.82) is 0 Å². The molecule has 1 rings (SSSR count). The Balaban J connectivity index is 2.76. The summed E-state index contributed by atoms with van der Waals surface area (Å²) < 4.78 is 6.04. The number of hydrogen-bond acceptors (Lipinski definition) is 3. The summed E-state index contributed by atoms with van der Waals surface area (Å²) in [5.41, 5.74) is 1.10. The summed E-state index contributed by atoms with van der Waals surface area (Å²) in [5.74, 6) is 0.0697. The third-order valence-corrected chi connectivity index (χ3v) is 4.75. The minimum absolute atomic E-state index is 0.0697. The quantitative estimate of drug-likeness (QED) is 0.704. The van der Waals surface area contributed by atoms with Gasteiger partial charge in [0.1, 0.15) is 0 Å². The van der Waals surface area contributed by atoms with Crippen LogP contribution in [0.25, 0.3) is 0 Å². The molecule has 0 saturated heterocycles. The highest BCUT2D eigenvalue weighted by atomic mass is 79.9. The van der Waals surface area contributed by atoms with Crippen LogP contribution in [0.3, 0.4) is 0 Å². The van der Waals surface area contributed by atoms with Crippen LogP contribution in [0.15, 0.2) is 9.85 Å². The Labute approximate surface area is 122 Å². The van der Waals surface area contributed by atoms with Crippen molar-refractivity contribution in [3.05, 3.63) is 20.3 Å². The van der Waals surface area contributed by atoms with E-state index in [1.807, 2.05) is 13.0 Å². The first-order valence-corrected chi connectivity index (χ1v) is 7.93. The smallest absolute Gasteiger partial charge is 0.264 e. The van der Waals surface area contributed by atoms with Crippen LogP contribution in [-0.4, -0.2) is 42.9 Å². The number of amides is 1. The molecule has 0 aliphatic heterocycles.